The molecule has 2 amide bonds. The number of amides is 2. The summed E-state index contributed by atoms with van der Waals surface area (Å²) in [5.41, 5.74) is 5.35. The Morgan fingerprint density at radius 2 is 1.77 bits per heavy atom. The van der Waals surface area contributed by atoms with Gasteiger partial charge < -0.3 is 30.7 Å². The summed E-state index contributed by atoms with van der Waals surface area (Å²) in [6.07, 6.45) is 13.6. The van der Waals surface area contributed by atoms with E-state index in [1.54, 1.807) is 40.9 Å². The number of anilines is 3. The third-order valence-corrected chi connectivity index (χ3v) is 11.8. The van der Waals surface area contributed by atoms with Gasteiger partial charge in [0.25, 0.3) is 11.8 Å². The van der Waals surface area contributed by atoms with E-state index in [1.165, 1.54) is 6.42 Å². The zero-order valence-electron chi connectivity index (χ0n) is 31.6. The maximum atomic E-state index is 13.6. The zero-order chi connectivity index (χ0) is 38.9. The minimum absolute atomic E-state index is 0.120. The zero-order valence-corrected chi connectivity index (χ0v) is 31.6. The summed E-state index contributed by atoms with van der Waals surface area (Å²) >= 11 is 0. The van der Waals surface area contributed by atoms with Gasteiger partial charge in [-0.05, 0) is 74.9 Å². The standard InChI is InChI=1S/C41H44N12O4/c54-24-29-6-8-33(37(25-55)44-29)45-41(57)34-9-7-31(19-42-34)52-21-27(22-52)20-49-15-10-30(11-16-49)53-23-28-17-36(38(18-35(28)48-53)50-12-2-1-3-13-50)46-40(56)32-5-4-14-51-26-43-47-39(32)51/h4-5,7,9,14,17-19,23,26-27,30,33,44H,1-3,6,8,10-13,15-16,20-22H2,(H,45,57)(H,46,56)/t33-/m0/s1. The van der Waals surface area contributed by atoms with Crippen molar-refractivity contribution in [1.82, 2.24) is 44.9 Å². The fourth-order valence-electron chi connectivity index (χ4n) is 8.61. The van der Waals surface area contributed by atoms with Crippen molar-refractivity contribution in [1.29, 1.82) is 0 Å². The number of likely N-dealkylation sites (tertiary alicyclic amines) is 1. The second-order valence-corrected chi connectivity index (χ2v) is 15.5. The Morgan fingerprint density at radius 1 is 0.930 bits per heavy atom. The Balaban J connectivity index is 0.790. The normalized spacial score (nSPS) is 19.5. The number of allylic oxidation sites excluding steroid dienone is 1. The first-order chi connectivity index (χ1) is 27.9. The molecule has 9 rings (SSSR count). The molecule has 8 heterocycles. The quantitative estimate of drug-likeness (QED) is 0.187. The van der Waals surface area contributed by atoms with Gasteiger partial charge in [0.05, 0.1) is 46.4 Å². The third kappa shape index (κ3) is 7.50. The van der Waals surface area contributed by atoms with Crippen molar-refractivity contribution in [2.45, 2.75) is 57.0 Å². The van der Waals surface area contributed by atoms with Crippen molar-refractivity contribution in [3.05, 3.63) is 84.0 Å². The van der Waals surface area contributed by atoms with Gasteiger partial charge in [-0.2, -0.15) is 5.10 Å². The lowest BCUT2D eigenvalue weighted by atomic mass is 9.96. The van der Waals surface area contributed by atoms with Crippen LogP contribution in [-0.2, 0) is 9.59 Å². The maximum Gasteiger partial charge on any atom is 0.270 e. The molecule has 16 nitrogen and oxygen atoms in total. The van der Waals surface area contributed by atoms with Crippen LogP contribution >= 0.6 is 0 Å². The van der Waals surface area contributed by atoms with Crippen LogP contribution in [0, 0.1) is 5.92 Å². The number of fused-ring (bicyclic) bond motifs is 2. The number of piperidine rings is 3. The molecular weight excluding hydrogens is 725 g/mol. The molecule has 16 heteroatoms. The first-order valence-corrected chi connectivity index (χ1v) is 19.8. The molecule has 3 N–H and O–H groups in total. The van der Waals surface area contributed by atoms with Gasteiger partial charge in [-0.3, -0.25) is 18.7 Å². The first-order valence-electron chi connectivity index (χ1n) is 19.8. The molecule has 292 valence electrons. The summed E-state index contributed by atoms with van der Waals surface area (Å²) in [5, 5.41) is 22.9. The van der Waals surface area contributed by atoms with Crippen LogP contribution in [0.4, 0.5) is 17.1 Å². The number of nitrogens with zero attached hydrogens (tertiary/aromatic N) is 9. The predicted molar refractivity (Wildman–Crippen MR) is 213 cm³/mol. The minimum atomic E-state index is -0.560. The highest BCUT2D eigenvalue weighted by molar-refractivity contribution is 6.10. The lowest BCUT2D eigenvalue weighted by Gasteiger charge is -2.44. The minimum Gasteiger partial charge on any atom is -0.370 e. The molecule has 4 aromatic heterocycles. The van der Waals surface area contributed by atoms with Gasteiger partial charge in [-0.1, -0.05) is 0 Å². The van der Waals surface area contributed by atoms with E-state index in [9.17, 15) is 19.2 Å². The number of benzene rings is 1. The maximum absolute atomic E-state index is 13.6. The summed E-state index contributed by atoms with van der Waals surface area (Å²) in [6.45, 7) is 6.78. The van der Waals surface area contributed by atoms with E-state index < -0.39 is 6.04 Å². The number of carbonyl (C=O) groups is 2. The summed E-state index contributed by atoms with van der Waals surface area (Å²) in [5.74, 6) is 3.49. The van der Waals surface area contributed by atoms with E-state index in [-0.39, 0.29) is 28.9 Å². The molecule has 4 fully saturated rings. The van der Waals surface area contributed by atoms with Crippen molar-refractivity contribution >= 4 is 57.3 Å². The number of hydrogen-bond donors (Lipinski definition) is 3. The number of carbonyl (C=O) groups excluding carboxylic acids is 4. The van der Waals surface area contributed by atoms with E-state index in [2.05, 4.69) is 68.8 Å². The van der Waals surface area contributed by atoms with Crippen LogP contribution in [-0.4, -0.2) is 110 Å². The smallest absolute Gasteiger partial charge is 0.270 e. The van der Waals surface area contributed by atoms with Crippen molar-refractivity contribution in [3.63, 3.8) is 0 Å². The lowest BCUT2D eigenvalue weighted by molar-refractivity contribution is 0.0933. The molecule has 5 aromatic rings. The number of pyridine rings is 2. The van der Waals surface area contributed by atoms with E-state index in [1.807, 2.05) is 18.3 Å². The molecule has 4 saturated heterocycles. The third-order valence-electron chi connectivity index (χ3n) is 11.8. The highest BCUT2D eigenvalue weighted by atomic mass is 16.2. The molecule has 4 aliphatic rings. The van der Waals surface area contributed by atoms with Gasteiger partial charge in [0.2, 0.25) is 0 Å². The predicted octanol–water partition coefficient (Wildman–Crippen LogP) is 3.40. The Bertz CT molecular complexity index is 2410. The van der Waals surface area contributed by atoms with Crippen LogP contribution in [0.5, 0.6) is 0 Å². The van der Waals surface area contributed by atoms with E-state index in [4.69, 9.17) is 5.10 Å². The Morgan fingerprint density at radius 3 is 2.54 bits per heavy atom. The van der Waals surface area contributed by atoms with Crippen LogP contribution < -0.4 is 25.8 Å². The summed E-state index contributed by atoms with van der Waals surface area (Å²) in [4.78, 5) is 60.3. The monoisotopic (exact) mass is 768 g/mol. The summed E-state index contributed by atoms with van der Waals surface area (Å²) < 4.78 is 3.88. The van der Waals surface area contributed by atoms with Crippen LogP contribution in [0.15, 0.2) is 72.7 Å². The van der Waals surface area contributed by atoms with Gasteiger partial charge in [0.1, 0.15) is 35.3 Å². The van der Waals surface area contributed by atoms with Gasteiger partial charge in [-0.15, -0.1) is 10.2 Å². The molecule has 0 unspecified atom stereocenters. The molecule has 4 aliphatic heterocycles. The number of aromatic nitrogens is 6. The van der Waals surface area contributed by atoms with Crippen LogP contribution in [0.25, 0.3) is 16.6 Å². The summed E-state index contributed by atoms with van der Waals surface area (Å²) in [6, 6.07) is 11.2. The lowest BCUT2D eigenvalue weighted by Crippen LogP contribution is -2.52. The number of rotatable bonds is 9. The first kappa shape index (κ1) is 36.3. The second kappa shape index (κ2) is 15.7. The molecular formula is C41H44N12O4. The van der Waals surface area contributed by atoms with Gasteiger partial charge in [0.15, 0.2) is 5.65 Å². The molecule has 57 heavy (non-hydrogen) atoms. The Hall–Kier alpha value is -6.34. The number of hydrogen-bond acceptors (Lipinski definition) is 12. The Kier molecular flexibility index (Phi) is 9.97. The highest BCUT2D eigenvalue weighted by Gasteiger charge is 2.32. The van der Waals surface area contributed by atoms with Crippen molar-refractivity contribution in [2.24, 2.45) is 5.92 Å². The molecule has 1 aromatic carbocycles. The molecule has 1 atom stereocenters. The van der Waals surface area contributed by atoms with Crippen molar-refractivity contribution in [3.8, 4) is 0 Å². The molecule has 0 aliphatic carbocycles. The topological polar surface area (TPSA) is 175 Å². The van der Waals surface area contributed by atoms with Gasteiger partial charge in [0, 0.05) is 75.9 Å². The summed E-state index contributed by atoms with van der Waals surface area (Å²) in [7, 11) is 0. The van der Waals surface area contributed by atoms with Crippen molar-refractivity contribution in [2.75, 3.05) is 60.9 Å². The molecule has 0 radical (unpaired) electrons. The fraction of sp³-hybridized carbons (Fsp3) is 0.415. The SMILES string of the molecule is O=C=C1CC[C@H](NC(=O)c2ccc(N3CC(CN4CCC(n5cc6cc(NC(=O)c7cccn8cnnc78)c(N7CCCCC7)cc6n5)CC4)C3)cn2)C(=C=O)N1. The Labute approximate surface area is 328 Å². The number of nitrogens with one attached hydrogen (secondary N) is 3. The average Bonchev–Trinajstić information content (AvgIpc) is 3.90. The molecule has 0 spiro atoms. The van der Waals surface area contributed by atoms with Crippen LogP contribution in [0.1, 0.15) is 71.8 Å². The molecule has 0 saturated carbocycles. The largest absolute Gasteiger partial charge is 0.370 e. The molecule has 0 bridgehead atoms. The van der Waals surface area contributed by atoms with Crippen LogP contribution in [0.2, 0.25) is 0 Å². The van der Waals surface area contributed by atoms with Gasteiger partial charge >= 0.3 is 0 Å². The van der Waals surface area contributed by atoms with Crippen LogP contribution in [0.3, 0.4) is 0 Å². The second-order valence-electron chi connectivity index (χ2n) is 15.5. The van der Waals surface area contributed by atoms with E-state index in [0.29, 0.717) is 36.0 Å². The van der Waals surface area contributed by atoms with E-state index >= 15 is 0 Å². The highest BCUT2D eigenvalue weighted by Crippen LogP contribution is 2.35. The van der Waals surface area contributed by atoms with E-state index in [0.717, 1.165) is 99.5 Å². The average molecular weight is 769 g/mol. The van der Waals surface area contributed by atoms with Gasteiger partial charge in [-0.25, -0.2) is 14.6 Å². The van der Waals surface area contributed by atoms with Crippen molar-refractivity contribution < 1.29 is 19.2 Å². The fourth-order valence-corrected chi connectivity index (χ4v) is 8.61.